The van der Waals surface area contributed by atoms with Crippen LogP contribution in [0.3, 0.4) is 0 Å². The molecule has 5 heteroatoms. The maximum absolute atomic E-state index is 6.45. The molecule has 0 aliphatic rings. The topological polar surface area (TPSA) is 49.9 Å². The molecule has 0 radical (unpaired) electrons. The molecule has 0 bridgehead atoms. The first-order valence-electron chi connectivity index (χ1n) is 7.79. The first kappa shape index (κ1) is 16.6. The van der Waals surface area contributed by atoms with E-state index in [1.165, 1.54) is 0 Å². The molecule has 4 nitrogen and oxygen atoms in total. The second-order valence-corrected chi connectivity index (χ2v) is 6.00. The molecule has 0 saturated heterocycles. The summed E-state index contributed by atoms with van der Waals surface area (Å²) in [5.41, 5.74) is 3.35. The number of aromatic amines is 1. The molecule has 0 fully saturated rings. The third kappa shape index (κ3) is 3.61. The Bertz CT molecular complexity index is 802. The van der Waals surface area contributed by atoms with Gasteiger partial charge in [-0.1, -0.05) is 35.9 Å². The Morgan fingerprint density at radius 2 is 2.04 bits per heavy atom. The fourth-order valence-electron chi connectivity index (χ4n) is 2.79. The van der Waals surface area contributed by atoms with E-state index in [1.54, 1.807) is 13.3 Å². The summed E-state index contributed by atoms with van der Waals surface area (Å²) in [5, 5.41) is 4.30. The predicted molar refractivity (Wildman–Crippen MR) is 96.5 cm³/mol. The van der Waals surface area contributed by atoms with Gasteiger partial charge in [-0.15, -0.1) is 0 Å². The van der Waals surface area contributed by atoms with E-state index in [0.717, 1.165) is 33.3 Å². The number of hydrogen-bond donors (Lipinski definition) is 2. The quantitative estimate of drug-likeness (QED) is 0.704. The average molecular weight is 342 g/mol. The molecule has 124 valence electrons. The van der Waals surface area contributed by atoms with Gasteiger partial charge in [0.05, 0.1) is 19.7 Å². The zero-order valence-electron chi connectivity index (χ0n) is 13.7. The van der Waals surface area contributed by atoms with E-state index in [4.69, 9.17) is 16.3 Å². The number of halogens is 1. The highest BCUT2D eigenvalue weighted by Crippen LogP contribution is 2.31. The zero-order valence-corrected chi connectivity index (χ0v) is 14.5. The Balaban J connectivity index is 1.96. The zero-order chi connectivity index (χ0) is 16.9. The third-order valence-corrected chi connectivity index (χ3v) is 4.38. The molecule has 24 heavy (non-hydrogen) atoms. The van der Waals surface area contributed by atoms with Crippen LogP contribution >= 0.6 is 11.6 Å². The SMILES string of the molecule is COc1ccc([C@@H](NCc2ncc[nH]2)c2ccccc2Cl)c(C)c1. The van der Waals surface area contributed by atoms with E-state index in [1.807, 2.05) is 42.6 Å². The standard InChI is InChI=1S/C19H20ClN3O/c1-13-11-14(24-2)7-8-15(13)19(16-5-3-4-6-17(16)20)23-12-18-21-9-10-22-18/h3-11,19,23H,12H2,1-2H3,(H,21,22)/t19-/m1/s1. The highest BCUT2D eigenvalue weighted by Gasteiger charge is 2.19. The molecule has 0 spiro atoms. The third-order valence-electron chi connectivity index (χ3n) is 4.03. The summed E-state index contributed by atoms with van der Waals surface area (Å²) in [4.78, 5) is 7.39. The molecule has 3 aromatic rings. The van der Waals surface area contributed by atoms with Crippen molar-refractivity contribution in [1.82, 2.24) is 15.3 Å². The largest absolute Gasteiger partial charge is 0.497 e. The Labute approximate surface area is 146 Å². The lowest BCUT2D eigenvalue weighted by Gasteiger charge is -2.22. The number of nitrogens with zero attached hydrogens (tertiary/aromatic N) is 1. The molecule has 0 aliphatic carbocycles. The van der Waals surface area contributed by atoms with Gasteiger partial charge in [0.2, 0.25) is 0 Å². The van der Waals surface area contributed by atoms with Crippen molar-refractivity contribution in [2.45, 2.75) is 19.5 Å². The molecular formula is C19H20ClN3O. The lowest BCUT2D eigenvalue weighted by Crippen LogP contribution is -2.23. The fourth-order valence-corrected chi connectivity index (χ4v) is 3.03. The molecule has 0 saturated carbocycles. The van der Waals surface area contributed by atoms with Gasteiger partial charge in [-0.05, 0) is 41.8 Å². The van der Waals surface area contributed by atoms with Crippen molar-refractivity contribution in [1.29, 1.82) is 0 Å². The van der Waals surface area contributed by atoms with Crippen LogP contribution in [0.15, 0.2) is 54.9 Å². The lowest BCUT2D eigenvalue weighted by atomic mass is 9.94. The summed E-state index contributed by atoms with van der Waals surface area (Å²) in [6.07, 6.45) is 3.57. The van der Waals surface area contributed by atoms with E-state index in [9.17, 15) is 0 Å². The molecule has 1 heterocycles. The number of aromatic nitrogens is 2. The van der Waals surface area contributed by atoms with Gasteiger partial charge >= 0.3 is 0 Å². The molecule has 1 atom stereocenters. The van der Waals surface area contributed by atoms with Crippen molar-refractivity contribution in [3.8, 4) is 5.75 Å². The van der Waals surface area contributed by atoms with Crippen LogP contribution in [0.5, 0.6) is 5.75 Å². The molecule has 2 aromatic carbocycles. The summed E-state index contributed by atoms with van der Waals surface area (Å²) in [7, 11) is 1.68. The highest BCUT2D eigenvalue weighted by atomic mass is 35.5. The minimum absolute atomic E-state index is 0.0327. The smallest absolute Gasteiger partial charge is 0.120 e. The Kier molecular flexibility index (Phi) is 5.18. The van der Waals surface area contributed by atoms with Crippen molar-refractivity contribution in [3.05, 3.63) is 82.4 Å². The molecule has 0 unspecified atom stereocenters. The van der Waals surface area contributed by atoms with Crippen LogP contribution in [0.2, 0.25) is 5.02 Å². The number of imidazole rings is 1. The minimum atomic E-state index is -0.0327. The van der Waals surface area contributed by atoms with Gasteiger partial charge in [0, 0.05) is 17.4 Å². The van der Waals surface area contributed by atoms with Gasteiger partial charge in [-0.3, -0.25) is 5.32 Å². The molecule has 3 rings (SSSR count). The van der Waals surface area contributed by atoms with Crippen molar-refractivity contribution in [3.63, 3.8) is 0 Å². The molecular weight excluding hydrogens is 322 g/mol. The van der Waals surface area contributed by atoms with Crippen molar-refractivity contribution in [2.75, 3.05) is 7.11 Å². The van der Waals surface area contributed by atoms with E-state index in [-0.39, 0.29) is 6.04 Å². The minimum Gasteiger partial charge on any atom is -0.497 e. The number of rotatable bonds is 6. The Hall–Kier alpha value is -2.30. The van der Waals surface area contributed by atoms with Crippen LogP contribution in [-0.4, -0.2) is 17.1 Å². The number of nitrogens with one attached hydrogen (secondary N) is 2. The number of hydrogen-bond acceptors (Lipinski definition) is 3. The van der Waals surface area contributed by atoms with Gasteiger partial charge in [-0.2, -0.15) is 0 Å². The molecule has 1 aromatic heterocycles. The van der Waals surface area contributed by atoms with E-state index in [2.05, 4.69) is 28.3 Å². The maximum Gasteiger partial charge on any atom is 0.120 e. The number of benzene rings is 2. The monoisotopic (exact) mass is 341 g/mol. The van der Waals surface area contributed by atoms with Gasteiger partial charge in [0.25, 0.3) is 0 Å². The van der Waals surface area contributed by atoms with Crippen LogP contribution in [0.1, 0.15) is 28.6 Å². The van der Waals surface area contributed by atoms with Gasteiger partial charge in [0.15, 0.2) is 0 Å². The predicted octanol–water partition coefficient (Wildman–Crippen LogP) is 4.26. The van der Waals surface area contributed by atoms with E-state index in [0.29, 0.717) is 6.54 Å². The van der Waals surface area contributed by atoms with Crippen LogP contribution in [0.4, 0.5) is 0 Å². The summed E-state index contributed by atoms with van der Waals surface area (Å²) in [5.74, 6) is 1.73. The van der Waals surface area contributed by atoms with Crippen LogP contribution < -0.4 is 10.1 Å². The average Bonchev–Trinajstić information content (AvgIpc) is 3.11. The Morgan fingerprint density at radius 3 is 2.71 bits per heavy atom. The summed E-state index contributed by atoms with van der Waals surface area (Å²) in [6, 6.07) is 14.0. The lowest BCUT2D eigenvalue weighted by molar-refractivity contribution is 0.414. The summed E-state index contributed by atoms with van der Waals surface area (Å²) < 4.78 is 5.32. The molecule has 0 aliphatic heterocycles. The second-order valence-electron chi connectivity index (χ2n) is 5.59. The number of ether oxygens (including phenoxy) is 1. The van der Waals surface area contributed by atoms with Crippen LogP contribution in [0, 0.1) is 6.92 Å². The van der Waals surface area contributed by atoms with Gasteiger partial charge in [-0.25, -0.2) is 4.98 Å². The summed E-state index contributed by atoms with van der Waals surface area (Å²) in [6.45, 7) is 2.70. The number of H-pyrrole nitrogens is 1. The number of methoxy groups -OCH3 is 1. The van der Waals surface area contributed by atoms with Gasteiger partial charge in [0.1, 0.15) is 11.6 Å². The van der Waals surface area contributed by atoms with Crippen molar-refractivity contribution < 1.29 is 4.74 Å². The maximum atomic E-state index is 6.45. The molecule has 2 N–H and O–H groups in total. The van der Waals surface area contributed by atoms with Crippen LogP contribution in [-0.2, 0) is 6.54 Å². The second kappa shape index (κ2) is 7.51. The first-order valence-corrected chi connectivity index (χ1v) is 8.17. The van der Waals surface area contributed by atoms with Gasteiger partial charge < -0.3 is 9.72 Å². The molecule has 0 amide bonds. The normalized spacial score (nSPS) is 12.1. The highest BCUT2D eigenvalue weighted by molar-refractivity contribution is 6.31. The number of aryl methyl sites for hydroxylation is 1. The van der Waals surface area contributed by atoms with E-state index < -0.39 is 0 Å². The first-order chi connectivity index (χ1) is 11.7. The Morgan fingerprint density at radius 1 is 1.21 bits per heavy atom. The fraction of sp³-hybridized carbons (Fsp3) is 0.211. The van der Waals surface area contributed by atoms with E-state index >= 15 is 0 Å². The van der Waals surface area contributed by atoms with Crippen molar-refractivity contribution >= 4 is 11.6 Å². The van der Waals surface area contributed by atoms with Crippen LogP contribution in [0.25, 0.3) is 0 Å². The summed E-state index contributed by atoms with van der Waals surface area (Å²) >= 11 is 6.45. The van der Waals surface area contributed by atoms with Crippen molar-refractivity contribution in [2.24, 2.45) is 0 Å².